The Balaban J connectivity index is 2.96. The van der Waals surface area contributed by atoms with Crippen molar-refractivity contribution in [2.45, 2.75) is 24.8 Å². The van der Waals surface area contributed by atoms with Crippen molar-refractivity contribution < 1.29 is 13.5 Å². The molecule has 0 saturated carbocycles. The first kappa shape index (κ1) is 14.0. The molecule has 0 aromatic heterocycles. The molecule has 1 aromatic rings. The van der Waals surface area contributed by atoms with E-state index in [1.54, 1.807) is 12.1 Å². The first-order valence-corrected chi connectivity index (χ1v) is 6.84. The van der Waals surface area contributed by atoms with Crippen LogP contribution in [0.4, 0.5) is 5.69 Å². The van der Waals surface area contributed by atoms with Gasteiger partial charge in [-0.05, 0) is 24.1 Å². The number of nitrogens with two attached hydrogens (primary N) is 1. The van der Waals surface area contributed by atoms with Crippen molar-refractivity contribution in [1.82, 2.24) is 4.72 Å². The van der Waals surface area contributed by atoms with Crippen LogP contribution in [0, 0.1) is 5.92 Å². The van der Waals surface area contributed by atoms with E-state index in [1.165, 1.54) is 12.1 Å². The summed E-state index contributed by atoms with van der Waals surface area (Å²) in [7, 11) is -3.63. The Morgan fingerprint density at radius 3 is 2.53 bits per heavy atom. The van der Waals surface area contributed by atoms with E-state index < -0.39 is 16.1 Å². The van der Waals surface area contributed by atoms with E-state index >= 15 is 0 Å². The molecule has 0 unspecified atom stereocenters. The Labute approximate surface area is 102 Å². The highest BCUT2D eigenvalue weighted by atomic mass is 32.2. The Bertz CT molecular complexity index is 471. The van der Waals surface area contributed by atoms with Crippen LogP contribution in [-0.2, 0) is 10.0 Å². The molecule has 0 aliphatic heterocycles. The van der Waals surface area contributed by atoms with Crippen LogP contribution in [0.15, 0.2) is 29.2 Å². The highest BCUT2D eigenvalue weighted by Crippen LogP contribution is 2.14. The summed E-state index contributed by atoms with van der Waals surface area (Å²) in [5.41, 5.74) is 5.92. The molecule has 0 aliphatic carbocycles. The molecule has 0 spiro atoms. The van der Waals surface area contributed by atoms with Gasteiger partial charge in [-0.2, -0.15) is 0 Å². The number of hydrogen-bond donors (Lipinski definition) is 3. The summed E-state index contributed by atoms with van der Waals surface area (Å²) in [5.74, 6) is 0.0100. The van der Waals surface area contributed by atoms with Crippen molar-refractivity contribution in [1.29, 1.82) is 0 Å². The molecule has 96 valence electrons. The third-order valence-corrected chi connectivity index (χ3v) is 3.96. The average Bonchev–Trinajstić information content (AvgIpc) is 2.25. The molecule has 1 atom stereocenters. The van der Waals surface area contributed by atoms with Crippen LogP contribution >= 0.6 is 0 Å². The first-order chi connectivity index (χ1) is 7.86. The largest absolute Gasteiger partial charge is 0.399 e. The fourth-order valence-corrected chi connectivity index (χ4v) is 2.76. The van der Waals surface area contributed by atoms with E-state index in [2.05, 4.69) is 4.72 Å². The van der Waals surface area contributed by atoms with Crippen LogP contribution < -0.4 is 10.5 Å². The minimum absolute atomic E-state index is 0.0100. The number of sulfonamides is 1. The number of nitrogens with one attached hydrogen (secondary N) is 1. The number of rotatable bonds is 5. The van der Waals surface area contributed by atoms with Crippen LogP contribution in [0.5, 0.6) is 0 Å². The van der Waals surface area contributed by atoms with Gasteiger partial charge in [0, 0.05) is 11.7 Å². The Morgan fingerprint density at radius 1 is 1.41 bits per heavy atom. The molecule has 5 nitrogen and oxygen atoms in total. The van der Waals surface area contributed by atoms with Crippen LogP contribution in [0.1, 0.15) is 13.8 Å². The number of anilines is 1. The molecule has 6 heteroatoms. The van der Waals surface area contributed by atoms with Crippen molar-refractivity contribution in [3.63, 3.8) is 0 Å². The minimum atomic E-state index is -3.63. The zero-order chi connectivity index (χ0) is 13.1. The maximum Gasteiger partial charge on any atom is 0.240 e. The van der Waals surface area contributed by atoms with Gasteiger partial charge in [0.2, 0.25) is 10.0 Å². The van der Waals surface area contributed by atoms with Gasteiger partial charge in [0.25, 0.3) is 0 Å². The van der Waals surface area contributed by atoms with Crippen molar-refractivity contribution >= 4 is 15.7 Å². The topological polar surface area (TPSA) is 92.4 Å². The summed E-state index contributed by atoms with van der Waals surface area (Å²) in [4.78, 5) is 0.108. The van der Waals surface area contributed by atoms with Crippen molar-refractivity contribution in [2.24, 2.45) is 5.92 Å². The quantitative estimate of drug-likeness (QED) is 0.673. The molecule has 1 aromatic carbocycles. The number of aliphatic hydroxyl groups excluding tert-OH is 1. The maximum atomic E-state index is 12.0. The van der Waals surface area contributed by atoms with E-state index in [9.17, 15) is 8.42 Å². The van der Waals surface area contributed by atoms with Crippen molar-refractivity contribution in [2.75, 3.05) is 12.3 Å². The van der Waals surface area contributed by atoms with E-state index in [0.717, 1.165) is 0 Å². The third-order valence-electron chi connectivity index (χ3n) is 2.48. The summed E-state index contributed by atoms with van der Waals surface area (Å²) in [6.45, 7) is 3.44. The summed E-state index contributed by atoms with van der Waals surface area (Å²) >= 11 is 0. The summed E-state index contributed by atoms with van der Waals surface area (Å²) in [5, 5.41) is 9.11. The third kappa shape index (κ3) is 3.69. The first-order valence-electron chi connectivity index (χ1n) is 5.35. The van der Waals surface area contributed by atoms with Gasteiger partial charge in [-0.25, -0.2) is 13.1 Å². The van der Waals surface area contributed by atoms with Gasteiger partial charge < -0.3 is 10.8 Å². The maximum absolute atomic E-state index is 12.0. The van der Waals surface area contributed by atoms with Gasteiger partial charge in [-0.3, -0.25) is 0 Å². The fraction of sp³-hybridized carbons (Fsp3) is 0.455. The van der Waals surface area contributed by atoms with Gasteiger partial charge in [0.05, 0.1) is 11.5 Å². The van der Waals surface area contributed by atoms with Crippen LogP contribution in [0.3, 0.4) is 0 Å². The van der Waals surface area contributed by atoms with Gasteiger partial charge >= 0.3 is 0 Å². The van der Waals surface area contributed by atoms with Crippen molar-refractivity contribution in [3.05, 3.63) is 24.3 Å². The lowest BCUT2D eigenvalue weighted by Crippen LogP contribution is -2.41. The normalized spacial score (nSPS) is 13.9. The second kappa shape index (κ2) is 5.48. The number of hydrogen-bond acceptors (Lipinski definition) is 4. The highest BCUT2D eigenvalue weighted by Gasteiger charge is 2.21. The molecular formula is C11H18N2O3S. The van der Waals surface area contributed by atoms with Crippen molar-refractivity contribution in [3.8, 4) is 0 Å². The van der Waals surface area contributed by atoms with Gasteiger partial charge in [0.1, 0.15) is 0 Å². The van der Waals surface area contributed by atoms with E-state index in [0.29, 0.717) is 5.69 Å². The summed E-state index contributed by atoms with van der Waals surface area (Å²) < 4.78 is 26.4. The highest BCUT2D eigenvalue weighted by molar-refractivity contribution is 7.89. The fourth-order valence-electron chi connectivity index (χ4n) is 1.33. The molecule has 0 fully saturated rings. The summed E-state index contributed by atoms with van der Waals surface area (Å²) in [6, 6.07) is 5.55. The van der Waals surface area contributed by atoms with Gasteiger partial charge in [0.15, 0.2) is 0 Å². The zero-order valence-corrected chi connectivity index (χ0v) is 10.7. The molecule has 4 N–H and O–H groups in total. The lowest BCUT2D eigenvalue weighted by molar-refractivity contribution is 0.227. The smallest absolute Gasteiger partial charge is 0.240 e. The van der Waals surface area contributed by atoms with E-state index in [4.69, 9.17) is 10.8 Å². The van der Waals surface area contributed by atoms with E-state index in [1.807, 2.05) is 13.8 Å². The molecule has 0 saturated heterocycles. The zero-order valence-electron chi connectivity index (χ0n) is 9.92. The van der Waals surface area contributed by atoms with E-state index in [-0.39, 0.29) is 17.4 Å². The Hall–Kier alpha value is -1.11. The lowest BCUT2D eigenvalue weighted by atomic mass is 10.1. The van der Waals surface area contributed by atoms with Gasteiger partial charge in [-0.1, -0.05) is 19.9 Å². The molecule has 0 radical (unpaired) electrons. The number of benzene rings is 1. The molecule has 0 amide bonds. The van der Waals surface area contributed by atoms with Crippen LogP contribution in [0.25, 0.3) is 0 Å². The Kier molecular flexibility index (Phi) is 4.50. The predicted molar refractivity (Wildman–Crippen MR) is 66.9 cm³/mol. The monoisotopic (exact) mass is 258 g/mol. The molecule has 0 heterocycles. The number of aliphatic hydroxyl groups is 1. The standard InChI is InChI=1S/C11H18N2O3S/c1-8(2)11(7-14)13-17(15,16)10-5-3-4-9(12)6-10/h3-6,8,11,13-14H,7,12H2,1-2H3/t11-/m1/s1. The molecular weight excluding hydrogens is 240 g/mol. The molecule has 17 heavy (non-hydrogen) atoms. The summed E-state index contributed by atoms with van der Waals surface area (Å²) in [6.07, 6.45) is 0. The second-order valence-electron chi connectivity index (χ2n) is 4.23. The predicted octanol–water partition coefficient (Wildman–Crippen LogP) is 0.564. The van der Waals surface area contributed by atoms with Crippen LogP contribution in [-0.4, -0.2) is 26.2 Å². The lowest BCUT2D eigenvalue weighted by Gasteiger charge is -2.19. The minimum Gasteiger partial charge on any atom is -0.399 e. The molecule has 1 rings (SSSR count). The van der Waals surface area contributed by atoms with Crippen LogP contribution in [0.2, 0.25) is 0 Å². The Morgan fingerprint density at radius 2 is 2.06 bits per heavy atom. The SMILES string of the molecule is CC(C)[C@@H](CO)NS(=O)(=O)c1cccc(N)c1. The second-order valence-corrected chi connectivity index (χ2v) is 5.94. The van der Waals surface area contributed by atoms with Gasteiger partial charge in [-0.15, -0.1) is 0 Å². The molecule has 0 bridgehead atoms. The molecule has 0 aliphatic rings. The number of nitrogen functional groups attached to an aromatic ring is 1. The average molecular weight is 258 g/mol.